The third kappa shape index (κ3) is 4.09. The first kappa shape index (κ1) is 28.5. The predicted molar refractivity (Wildman–Crippen MR) is 218 cm³/mol. The summed E-state index contributed by atoms with van der Waals surface area (Å²) in [5.74, 6) is 1.88. The van der Waals surface area contributed by atoms with Gasteiger partial charge in [0.1, 0.15) is 11.2 Å². The van der Waals surface area contributed by atoms with Gasteiger partial charge in [0.25, 0.3) is 0 Å². The molecular weight excluding hydrogens is 647 g/mol. The summed E-state index contributed by atoms with van der Waals surface area (Å²) in [5, 5.41) is 11.4. The van der Waals surface area contributed by atoms with Gasteiger partial charge in [-0.2, -0.15) is 0 Å². The largest absolute Gasteiger partial charge is 0.456 e. The molecule has 1 aliphatic carbocycles. The maximum absolute atomic E-state index is 6.65. The molecule has 0 N–H and O–H groups in total. The molecule has 4 nitrogen and oxygen atoms in total. The van der Waals surface area contributed by atoms with Crippen molar-refractivity contribution < 1.29 is 4.42 Å². The molecule has 11 aromatic rings. The number of hydrogen-bond acceptors (Lipinski definition) is 4. The van der Waals surface area contributed by atoms with Gasteiger partial charge in [-0.05, 0) is 84.0 Å². The van der Waals surface area contributed by atoms with Gasteiger partial charge in [-0.3, -0.25) is 0 Å². The molecule has 0 unspecified atom stereocenters. The number of rotatable bonds is 3. The van der Waals surface area contributed by atoms with Crippen molar-refractivity contribution in [2.75, 3.05) is 0 Å². The summed E-state index contributed by atoms with van der Waals surface area (Å²) in [6.07, 6.45) is 0. The Bertz CT molecular complexity index is 3350. The van der Waals surface area contributed by atoms with Crippen LogP contribution in [0.3, 0.4) is 0 Å². The zero-order valence-electron chi connectivity index (χ0n) is 28.3. The topological polar surface area (TPSA) is 51.8 Å². The smallest absolute Gasteiger partial charge is 0.165 e. The van der Waals surface area contributed by atoms with Crippen molar-refractivity contribution in [2.45, 2.75) is 0 Å². The van der Waals surface area contributed by atoms with E-state index in [2.05, 4.69) is 152 Å². The lowest BCUT2D eigenvalue weighted by molar-refractivity contribution is 0.669. The van der Waals surface area contributed by atoms with Gasteiger partial charge in [-0.1, -0.05) is 140 Å². The molecule has 2 heterocycles. The Morgan fingerprint density at radius 1 is 0.321 bits per heavy atom. The van der Waals surface area contributed by atoms with Crippen LogP contribution < -0.4 is 0 Å². The van der Waals surface area contributed by atoms with Gasteiger partial charge in [0.05, 0.1) is 0 Å². The average Bonchev–Trinajstić information content (AvgIpc) is 3.76. The zero-order valence-corrected chi connectivity index (χ0v) is 28.3. The van der Waals surface area contributed by atoms with E-state index in [-0.39, 0.29) is 0 Å². The molecule has 0 saturated heterocycles. The number of benzene rings is 9. The first-order valence-corrected chi connectivity index (χ1v) is 17.9. The molecule has 53 heavy (non-hydrogen) atoms. The average molecular weight is 674 g/mol. The molecule has 0 amide bonds. The fourth-order valence-corrected chi connectivity index (χ4v) is 8.68. The Labute approximate surface area is 303 Å². The van der Waals surface area contributed by atoms with Crippen molar-refractivity contribution in [3.8, 4) is 56.4 Å². The van der Waals surface area contributed by atoms with Crippen molar-refractivity contribution in [1.29, 1.82) is 0 Å². The van der Waals surface area contributed by atoms with Crippen LogP contribution >= 0.6 is 0 Å². The minimum absolute atomic E-state index is 0.619. The van der Waals surface area contributed by atoms with Gasteiger partial charge in [0, 0.05) is 33.0 Å². The minimum Gasteiger partial charge on any atom is -0.456 e. The summed E-state index contributed by atoms with van der Waals surface area (Å²) >= 11 is 0. The summed E-state index contributed by atoms with van der Waals surface area (Å²) in [6, 6.07) is 57.8. The summed E-state index contributed by atoms with van der Waals surface area (Å²) < 4.78 is 6.65. The molecule has 0 aliphatic heterocycles. The lowest BCUT2D eigenvalue weighted by Gasteiger charge is -2.15. The molecule has 1 aliphatic rings. The van der Waals surface area contributed by atoms with Crippen LogP contribution in [0, 0.1) is 0 Å². The van der Waals surface area contributed by atoms with Gasteiger partial charge in [-0.25, -0.2) is 15.0 Å². The van der Waals surface area contributed by atoms with Crippen LogP contribution in [-0.2, 0) is 0 Å². The molecule has 0 atom stereocenters. The van der Waals surface area contributed by atoms with Crippen LogP contribution in [0.2, 0.25) is 0 Å². The summed E-state index contributed by atoms with van der Waals surface area (Å²) in [5.41, 5.74) is 9.15. The second-order valence-corrected chi connectivity index (χ2v) is 13.9. The summed E-state index contributed by atoms with van der Waals surface area (Å²) in [6.45, 7) is 0. The second-order valence-electron chi connectivity index (χ2n) is 13.9. The van der Waals surface area contributed by atoms with E-state index in [1.54, 1.807) is 0 Å². The number of furan rings is 1. The molecule has 9 aromatic carbocycles. The Balaban J connectivity index is 1.24. The van der Waals surface area contributed by atoms with E-state index >= 15 is 0 Å². The second kappa shape index (κ2) is 10.7. The number of nitrogens with zero attached hydrogens (tertiary/aromatic N) is 3. The van der Waals surface area contributed by atoms with Crippen molar-refractivity contribution in [3.05, 3.63) is 164 Å². The van der Waals surface area contributed by atoms with Gasteiger partial charge >= 0.3 is 0 Å². The van der Waals surface area contributed by atoms with Gasteiger partial charge in [0.2, 0.25) is 0 Å². The van der Waals surface area contributed by atoms with Gasteiger partial charge < -0.3 is 4.42 Å². The first-order valence-electron chi connectivity index (χ1n) is 17.9. The Morgan fingerprint density at radius 2 is 0.981 bits per heavy atom. The summed E-state index contributed by atoms with van der Waals surface area (Å²) in [7, 11) is 0. The third-order valence-corrected chi connectivity index (χ3v) is 11.0. The number of para-hydroxylation sites is 1. The highest BCUT2D eigenvalue weighted by molar-refractivity contribution is 6.25. The molecule has 244 valence electrons. The highest BCUT2D eigenvalue weighted by Crippen LogP contribution is 2.54. The maximum atomic E-state index is 6.65. The molecule has 0 radical (unpaired) electrons. The molecule has 0 bridgehead atoms. The van der Waals surface area contributed by atoms with Crippen molar-refractivity contribution >= 4 is 65.0 Å². The first-order chi connectivity index (χ1) is 26.3. The Hall–Kier alpha value is -7.17. The fraction of sp³-hybridized carbons (Fsp3) is 0. The van der Waals surface area contributed by atoms with Crippen molar-refractivity contribution in [2.24, 2.45) is 0 Å². The van der Waals surface area contributed by atoms with E-state index in [0.717, 1.165) is 65.9 Å². The third-order valence-electron chi connectivity index (χ3n) is 11.0. The molecule has 0 fully saturated rings. The van der Waals surface area contributed by atoms with Crippen LogP contribution in [0.4, 0.5) is 0 Å². The van der Waals surface area contributed by atoms with Crippen LogP contribution in [0.1, 0.15) is 0 Å². The van der Waals surface area contributed by atoms with Crippen molar-refractivity contribution in [3.63, 3.8) is 0 Å². The monoisotopic (exact) mass is 673 g/mol. The highest BCUT2D eigenvalue weighted by atomic mass is 16.3. The molecular formula is C49H27N3O. The predicted octanol–water partition coefficient (Wildman–Crippen LogP) is 13.0. The van der Waals surface area contributed by atoms with Crippen LogP contribution in [-0.4, -0.2) is 15.0 Å². The zero-order chi connectivity index (χ0) is 34.6. The molecule has 2 aromatic heterocycles. The van der Waals surface area contributed by atoms with E-state index in [9.17, 15) is 0 Å². The molecule has 4 heteroatoms. The van der Waals surface area contributed by atoms with E-state index in [1.807, 2.05) is 12.1 Å². The SMILES string of the molecule is c1ccc2cc(-c3nc(-c4cc5ccccc5c5ccccc45)nc(-c4c5c(cc6oc7ccccc7c46)-c4cccc6cccc-5c46)n3)ccc2c1. The summed E-state index contributed by atoms with van der Waals surface area (Å²) in [4.78, 5) is 16.2. The van der Waals surface area contributed by atoms with E-state index in [1.165, 1.54) is 38.1 Å². The Morgan fingerprint density at radius 3 is 1.85 bits per heavy atom. The lowest BCUT2D eigenvalue weighted by Crippen LogP contribution is -2.02. The van der Waals surface area contributed by atoms with E-state index in [4.69, 9.17) is 19.4 Å². The van der Waals surface area contributed by atoms with Crippen LogP contribution in [0.15, 0.2) is 168 Å². The number of hydrogen-bond donors (Lipinski definition) is 0. The van der Waals surface area contributed by atoms with Crippen LogP contribution in [0.25, 0.3) is 121 Å². The quantitative estimate of drug-likeness (QED) is 0.175. The standard InChI is InChI=1S/C49H27N3O/c1-2-12-30-25-32(24-23-28(30)11-1)47-50-48(40-26-31-13-3-4-16-33(31)34-17-5-6-18-35(34)40)52-49(51-47)46-44-38-21-10-15-29-14-9-20-36(43(29)38)39(44)27-42-45(46)37-19-7-8-22-41(37)53-42/h1-27H. The van der Waals surface area contributed by atoms with Crippen molar-refractivity contribution in [1.82, 2.24) is 15.0 Å². The minimum atomic E-state index is 0.619. The van der Waals surface area contributed by atoms with E-state index in [0.29, 0.717) is 17.5 Å². The Kier molecular flexibility index (Phi) is 5.74. The van der Waals surface area contributed by atoms with Gasteiger partial charge in [0.15, 0.2) is 17.5 Å². The molecule has 12 rings (SSSR count). The number of fused-ring (bicyclic) bond motifs is 10. The molecule has 0 spiro atoms. The van der Waals surface area contributed by atoms with E-state index < -0.39 is 0 Å². The van der Waals surface area contributed by atoms with Gasteiger partial charge in [-0.15, -0.1) is 0 Å². The number of aromatic nitrogens is 3. The molecule has 0 saturated carbocycles. The maximum Gasteiger partial charge on any atom is 0.165 e. The highest BCUT2D eigenvalue weighted by Gasteiger charge is 2.30. The normalized spacial score (nSPS) is 12.2. The fourth-order valence-electron chi connectivity index (χ4n) is 8.68. The lowest BCUT2D eigenvalue weighted by atomic mass is 9.93. The van der Waals surface area contributed by atoms with Crippen LogP contribution in [0.5, 0.6) is 0 Å².